The van der Waals surface area contributed by atoms with Gasteiger partial charge in [0.25, 0.3) is 0 Å². The van der Waals surface area contributed by atoms with Gasteiger partial charge in [0.15, 0.2) is 0 Å². The first-order valence-electron chi connectivity index (χ1n) is 8.44. The number of ether oxygens (including phenoxy) is 2. The lowest BCUT2D eigenvalue weighted by atomic mass is 9.74. The molecule has 24 heavy (non-hydrogen) atoms. The predicted molar refractivity (Wildman–Crippen MR) is 80.7 cm³/mol. The number of carbonyl (C=O) groups is 3. The third-order valence-electron chi connectivity index (χ3n) is 5.19. The van der Waals surface area contributed by atoms with Crippen molar-refractivity contribution in [2.75, 3.05) is 32.9 Å². The fraction of sp³-hybridized carbons (Fsp3) is 0.812. The zero-order valence-electron chi connectivity index (χ0n) is 13.8. The lowest BCUT2D eigenvalue weighted by Crippen LogP contribution is -2.61. The van der Waals surface area contributed by atoms with Crippen molar-refractivity contribution >= 4 is 17.8 Å². The highest BCUT2D eigenvalue weighted by atomic mass is 19.1. The summed E-state index contributed by atoms with van der Waals surface area (Å²) in [5, 5.41) is 2.70. The molecule has 0 aromatic heterocycles. The van der Waals surface area contributed by atoms with Crippen LogP contribution in [0.1, 0.15) is 32.6 Å². The molecule has 7 nitrogen and oxygen atoms in total. The van der Waals surface area contributed by atoms with Crippen LogP contribution < -0.4 is 5.32 Å². The lowest BCUT2D eigenvalue weighted by molar-refractivity contribution is -0.196. The minimum absolute atomic E-state index is 0.0774. The van der Waals surface area contributed by atoms with Crippen molar-refractivity contribution in [3.8, 4) is 0 Å². The fourth-order valence-corrected chi connectivity index (χ4v) is 3.71. The molecule has 1 N–H and O–H groups in total. The zero-order chi connectivity index (χ0) is 17.4. The second-order valence-electron chi connectivity index (χ2n) is 6.85. The van der Waals surface area contributed by atoms with Gasteiger partial charge in [-0.1, -0.05) is 6.42 Å². The van der Waals surface area contributed by atoms with E-state index in [0.717, 1.165) is 12.8 Å². The molecule has 2 amide bonds. The third kappa shape index (κ3) is 2.66. The second-order valence-corrected chi connectivity index (χ2v) is 6.85. The Bertz CT molecular complexity index is 551. The number of carbonyl (C=O) groups excluding carboxylic acids is 3. The van der Waals surface area contributed by atoms with Crippen LogP contribution in [0.3, 0.4) is 0 Å². The SMILES string of the molecule is CCOC(=O)[C@@]1(F)CN(C(=O)[C@@H]2CCCCC(=O)N2)CC12COC2. The van der Waals surface area contributed by atoms with Crippen molar-refractivity contribution in [1.82, 2.24) is 10.2 Å². The number of likely N-dealkylation sites (tertiary alicyclic amines) is 1. The minimum atomic E-state index is -2.26. The predicted octanol–water partition coefficient (Wildman–Crippen LogP) is 0.175. The maximum absolute atomic E-state index is 15.5. The van der Waals surface area contributed by atoms with Crippen molar-refractivity contribution in [3.05, 3.63) is 0 Å². The zero-order valence-corrected chi connectivity index (χ0v) is 13.8. The van der Waals surface area contributed by atoms with Crippen molar-refractivity contribution in [1.29, 1.82) is 0 Å². The van der Waals surface area contributed by atoms with Gasteiger partial charge < -0.3 is 19.7 Å². The van der Waals surface area contributed by atoms with Crippen LogP contribution in [-0.2, 0) is 23.9 Å². The van der Waals surface area contributed by atoms with E-state index in [9.17, 15) is 14.4 Å². The third-order valence-corrected chi connectivity index (χ3v) is 5.19. The van der Waals surface area contributed by atoms with Gasteiger partial charge in [-0.05, 0) is 19.8 Å². The smallest absolute Gasteiger partial charge is 0.346 e. The molecule has 0 aromatic rings. The van der Waals surface area contributed by atoms with Crippen LogP contribution in [0.5, 0.6) is 0 Å². The van der Waals surface area contributed by atoms with Crippen molar-refractivity contribution in [3.63, 3.8) is 0 Å². The summed E-state index contributed by atoms with van der Waals surface area (Å²) in [4.78, 5) is 37.9. The van der Waals surface area contributed by atoms with Gasteiger partial charge in [0.1, 0.15) is 6.04 Å². The van der Waals surface area contributed by atoms with Crippen molar-refractivity contribution in [2.45, 2.75) is 44.3 Å². The van der Waals surface area contributed by atoms with Crippen LogP contribution in [0, 0.1) is 5.41 Å². The molecule has 0 bridgehead atoms. The number of esters is 1. The Kier molecular flexibility index (Phi) is 4.50. The van der Waals surface area contributed by atoms with E-state index in [4.69, 9.17) is 9.47 Å². The van der Waals surface area contributed by atoms with Gasteiger partial charge in [-0.3, -0.25) is 9.59 Å². The van der Waals surface area contributed by atoms with E-state index < -0.39 is 23.1 Å². The van der Waals surface area contributed by atoms with Crippen LogP contribution in [0.4, 0.5) is 4.39 Å². The second kappa shape index (κ2) is 6.31. The molecule has 134 valence electrons. The molecule has 3 fully saturated rings. The molecule has 3 saturated heterocycles. The molecular formula is C16H23FN2O5. The summed E-state index contributed by atoms with van der Waals surface area (Å²) in [6, 6.07) is -0.650. The summed E-state index contributed by atoms with van der Waals surface area (Å²) in [5.74, 6) is -1.43. The number of alkyl halides is 1. The molecule has 3 aliphatic rings. The van der Waals surface area contributed by atoms with E-state index in [0.29, 0.717) is 12.8 Å². The molecule has 2 atom stereocenters. The maximum atomic E-state index is 15.5. The van der Waals surface area contributed by atoms with Crippen LogP contribution in [0.25, 0.3) is 0 Å². The number of rotatable bonds is 3. The number of halogens is 1. The highest BCUT2D eigenvalue weighted by molar-refractivity contribution is 5.90. The summed E-state index contributed by atoms with van der Waals surface area (Å²) in [6.07, 6.45) is 2.43. The largest absolute Gasteiger partial charge is 0.464 e. The molecule has 8 heteroatoms. The number of hydrogen-bond donors (Lipinski definition) is 1. The molecule has 0 radical (unpaired) electrons. The summed E-state index contributed by atoms with van der Waals surface area (Å²) >= 11 is 0. The Morgan fingerprint density at radius 2 is 2.12 bits per heavy atom. The van der Waals surface area contributed by atoms with Gasteiger partial charge in [0, 0.05) is 13.0 Å². The van der Waals surface area contributed by atoms with E-state index >= 15 is 4.39 Å². The standard InChI is InChI=1S/C16H23FN2O5/c1-2-24-14(22)16(17)8-19(7-15(16)9-23-10-15)13(21)11-5-3-4-6-12(20)18-11/h11H,2-10H2,1H3,(H,18,20)/t11-,16-/m0/s1. The van der Waals surface area contributed by atoms with Crippen LogP contribution in [0.2, 0.25) is 0 Å². The van der Waals surface area contributed by atoms with E-state index in [-0.39, 0.29) is 44.7 Å². The van der Waals surface area contributed by atoms with Crippen molar-refractivity contribution in [2.24, 2.45) is 5.41 Å². The molecular weight excluding hydrogens is 319 g/mol. The van der Waals surface area contributed by atoms with Crippen molar-refractivity contribution < 1.29 is 28.2 Å². The van der Waals surface area contributed by atoms with E-state index in [1.165, 1.54) is 4.90 Å². The van der Waals surface area contributed by atoms with Crippen LogP contribution >= 0.6 is 0 Å². The monoisotopic (exact) mass is 342 g/mol. The van der Waals surface area contributed by atoms with Gasteiger partial charge in [0.05, 0.1) is 31.8 Å². The summed E-state index contributed by atoms with van der Waals surface area (Å²) < 4.78 is 25.5. The van der Waals surface area contributed by atoms with Gasteiger partial charge in [-0.15, -0.1) is 0 Å². The normalized spacial score (nSPS) is 32.0. The first-order valence-corrected chi connectivity index (χ1v) is 8.44. The average Bonchev–Trinajstić information content (AvgIpc) is 2.69. The molecule has 3 aliphatic heterocycles. The van der Waals surface area contributed by atoms with E-state index in [1.807, 2.05) is 0 Å². The number of nitrogens with one attached hydrogen (secondary N) is 1. The Hall–Kier alpha value is -1.70. The average molecular weight is 342 g/mol. The molecule has 0 saturated carbocycles. The van der Waals surface area contributed by atoms with Crippen LogP contribution in [-0.4, -0.2) is 67.3 Å². The lowest BCUT2D eigenvalue weighted by Gasteiger charge is -2.43. The minimum Gasteiger partial charge on any atom is -0.464 e. The summed E-state index contributed by atoms with van der Waals surface area (Å²) in [7, 11) is 0. The molecule has 1 spiro atoms. The quantitative estimate of drug-likeness (QED) is 0.740. The molecule has 0 aliphatic carbocycles. The molecule has 0 unspecified atom stereocenters. The highest BCUT2D eigenvalue weighted by Gasteiger charge is 2.69. The number of hydrogen-bond acceptors (Lipinski definition) is 5. The Morgan fingerprint density at radius 1 is 1.38 bits per heavy atom. The highest BCUT2D eigenvalue weighted by Crippen LogP contribution is 2.48. The van der Waals surface area contributed by atoms with Gasteiger partial charge in [0.2, 0.25) is 17.5 Å². The maximum Gasteiger partial charge on any atom is 0.346 e. The first kappa shape index (κ1) is 17.1. The molecule has 3 heterocycles. The number of amides is 2. The molecule has 0 aromatic carbocycles. The Labute approximate surface area is 139 Å². The van der Waals surface area contributed by atoms with Crippen LogP contribution in [0.15, 0.2) is 0 Å². The van der Waals surface area contributed by atoms with E-state index in [1.54, 1.807) is 6.92 Å². The van der Waals surface area contributed by atoms with Gasteiger partial charge in [-0.25, -0.2) is 9.18 Å². The fourth-order valence-electron chi connectivity index (χ4n) is 3.71. The van der Waals surface area contributed by atoms with Gasteiger partial charge in [-0.2, -0.15) is 0 Å². The van der Waals surface area contributed by atoms with Gasteiger partial charge >= 0.3 is 5.97 Å². The topological polar surface area (TPSA) is 84.9 Å². The summed E-state index contributed by atoms with van der Waals surface area (Å²) in [5.41, 5.74) is -3.30. The van der Waals surface area contributed by atoms with E-state index in [2.05, 4.69) is 5.32 Å². The Balaban J connectivity index is 1.77. The molecule has 3 rings (SSSR count). The first-order chi connectivity index (χ1) is 11.4. The number of nitrogens with zero attached hydrogens (tertiary/aromatic N) is 1. The summed E-state index contributed by atoms with van der Waals surface area (Å²) in [6.45, 7) is 1.62. The Morgan fingerprint density at radius 3 is 2.75 bits per heavy atom.